The van der Waals surface area contributed by atoms with Gasteiger partial charge in [0.2, 0.25) is 0 Å². The number of rotatable bonds is 3. The van der Waals surface area contributed by atoms with Gasteiger partial charge in [0, 0.05) is 10.6 Å². The van der Waals surface area contributed by atoms with E-state index in [0.717, 1.165) is 15.4 Å². The van der Waals surface area contributed by atoms with E-state index in [1.165, 1.54) is 6.20 Å². The number of nitrogens with two attached hydrogens (primary N) is 1. The highest BCUT2D eigenvalue weighted by atomic mass is 32.1. The Labute approximate surface area is 115 Å². The van der Waals surface area contributed by atoms with E-state index in [9.17, 15) is 4.79 Å². The van der Waals surface area contributed by atoms with Crippen molar-refractivity contribution in [3.05, 3.63) is 39.3 Å². The van der Waals surface area contributed by atoms with Crippen LogP contribution in [0.5, 0.6) is 0 Å². The van der Waals surface area contributed by atoms with Crippen LogP contribution in [0, 0.1) is 18.8 Å². The average Bonchev–Trinajstić information content (AvgIpc) is 3.02. The van der Waals surface area contributed by atoms with Crippen molar-refractivity contribution in [1.82, 2.24) is 15.5 Å². The average molecular weight is 274 g/mol. The summed E-state index contributed by atoms with van der Waals surface area (Å²) >= 11 is 1.55. The van der Waals surface area contributed by atoms with Crippen LogP contribution in [0.2, 0.25) is 0 Å². The number of hydrogen-bond donors (Lipinski definition) is 3. The molecular weight excluding hydrogens is 260 g/mol. The van der Waals surface area contributed by atoms with E-state index in [4.69, 9.17) is 5.73 Å². The van der Waals surface area contributed by atoms with Crippen LogP contribution < -0.4 is 11.1 Å². The van der Waals surface area contributed by atoms with Crippen molar-refractivity contribution in [2.75, 3.05) is 6.54 Å². The predicted octanol–water partition coefficient (Wildman–Crippen LogP) is 1.02. The zero-order chi connectivity index (χ0) is 13.7. The van der Waals surface area contributed by atoms with E-state index < -0.39 is 0 Å². The topological polar surface area (TPSA) is 83.8 Å². The number of amides is 1. The molecule has 4 N–H and O–H groups in total. The van der Waals surface area contributed by atoms with Crippen LogP contribution in [-0.2, 0) is 6.54 Å². The second-order valence-corrected chi connectivity index (χ2v) is 5.03. The Kier molecular flexibility index (Phi) is 4.34. The Morgan fingerprint density at radius 3 is 3.11 bits per heavy atom. The van der Waals surface area contributed by atoms with Crippen molar-refractivity contribution in [3.63, 3.8) is 0 Å². The minimum atomic E-state index is -0.130. The molecule has 2 heterocycles. The summed E-state index contributed by atoms with van der Waals surface area (Å²) in [5.41, 5.74) is 6.65. The van der Waals surface area contributed by atoms with E-state index in [2.05, 4.69) is 27.4 Å². The van der Waals surface area contributed by atoms with Crippen LogP contribution in [-0.4, -0.2) is 22.6 Å². The molecule has 5 nitrogen and oxygen atoms in total. The largest absolute Gasteiger partial charge is 0.347 e. The molecule has 0 fully saturated rings. The molecule has 98 valence electrons. The number of hydrogen-bond acceptors (Lipinski definition) is 4. The van der Waals surface area contributed by atoms with Gasteiger partial charge >= 0.3 is 0 Å². The van der Waals surface area contributed by atoms with Crippen LogP contribution in [0.4, 0.5) is 0 Å². The quantitative estimate of drug-likeness (QED) is 0.731. The third-order valence-corrected chi connectivity index (χ3v) is 3.47. The molecule has 0 aliphatic carbocycles. The standard InChI is InChI=1S/C13H14N4OS/c1-9-12(8-16-17-9)13(18)15-7-11-5-4-10(19-11)3-2-6-14/h4-5,8H,6-7,14H2,1H3,(H,15,18)(H,16,17). The van der Waals surface area contributed by atoms with Gasteiger partial charge in [-0.25, -0.2) is 0 Å². The number of H-pyrrole nitrogens is 1. The minimum absolute atomic E-state index is 0.130. The number of carbonyl (C=O) groups excluding carboxylic acids is 1. The smallest absolute Gasteiger partial charge is 0.255 e. The SMILES string of the molecule is Cc1[nH]ncc1C(=O)NCc1ccc(C#CCN)s1. The Morgan fingerprint density at radius 2 is 2.42 bits per heavy atom. The highest BCUT2D eigenvalue weighted by Gasteiger charge is 2.10. The van der Waals surface area contributed by atoms with Gasteiger partial charge in [0.1, 0.15) is 0 Å². The maximum Gasteiger partial charge on any atom is 0.255 e. The summed E-state index contributed by atoms with van der Waals surface area (Å²) < 4.78 is 0. The molecule has 2 aromatic rings. The normalized spacial score (nSPS) is 9.79. The third kappa shape index (κ3) is 3.44. The van der Waals surface area contributed by atoms with Crippen LogP contribution >= 0.6 is 11.3 Å². The number of aromatic nitrogens is 2. The molecule has 0 aliphatic rings. The van der Waals surface area contributed by atoms with Gasteiger partial charge in [-0.1, -0.05) is 11.8 Å². The van der Waals surface area contributed by atoms with Crippen LogP contribution in [0.15, 0.2) is 18.3 Å². The molecule has 1 amide bonds. The molecule has 0 atom stereocenters. The second kappa shape index (κ2) is 6.18. The predicted molar refractivity (Wildman–Crippen MR) is 74.7 cm³/mol. The summed E-state index contributed by atoms with van der Waals surface area (Å²) in [7, 11) is 0. The molecule has 0 radical (unpaired) electrons. The maximum atomic E-state index is 11.9. The van der Waals surface area contributed by atoms with Gasteiger partial charge in [-0.2, -0.15) is 5.10 Å². The lowest BCUT2D eigenvalue weighted by molar-refractivity contribution is 0.0951. The highest BCUT2D eigenvalue weighted by Crippen LogP contribution is 2.15. The molecule has 2 rings (SSSR count). The number of carbonyl (C=O) groups is 1. The molecule has 0 saturated carbocycles. The van der Waals surface area contributed by atoms with Gasteiger partial charge in [0.25, 0.3) is 5.91 Å². The van der Waals surface area contributed by atoms with E-state index in [0.29, 0.717) is 18.7 Å². The highest BCUT2D eigenvalue weighted by molar-refractivity contribution is 7.12. The van der Waals surface area contributed by atoms with E-state index in [-0.39, 0.29) is 5.91 Å². The van der Waals surface area contributed by atoms with Gasteiger partial charge in [-0.05, 0) is 19.1 Å². The van der Waals surface area contributed by atoms with Gasteiger partial charge in [-0.3, -0.25) is 9.89 Å². The summed E-state index contributed by atoms with van der Waals surface area (Å²) in [6.45, 7) is 2.65. The summed E-state index contributed by atoms with van der Waals surface area (Å²) in [6, 6.07) is 3.88. The van der Waals surface area contributed by atoms with E-state index >= 15 is 0 Å². The first-order valence-electron chi connectivity index (χ1n) is 5.76. The molecule has 2 aromatic heterocycles. The van der Waals surface area contributed by atoms with Crippen LogP contribution in [0.3, 0.4) is 0 Å². The van der Waals surface area contributed by atoms with Crippen molar-refractivity contribution >= 4 is 17.2 Å². The fraction of sp³-hybridized carbons (Fsp3) is 0.231. The monoisotopic (exact) mass is 274 g/mol. The zero-order valence-electron chi connectivity index (χ0n) is 10.5. The molecule has 0 spiro atoms. The maximum absolute atomic E-state index is 11.9. The fourth-order valence-corrected chi connectivity index (χ4v) is 2.34. The summed E-state index contributed by atoms with van der Waals surface area (Å²) in [6.07, 6.45) is 1.53. The Balaban J connectivity index is 1.94. The Hall–Kier alpha value is -2.10. The number of aryl methyl sites for hydroxylation is 1. The van der Waals surface area contributed by atoms with Gasteiger partial charge < -0.3 is 11.1 Å². The Bertz CT molecular complexity index is 632. The first-order valence-corrected chi connectivity index (χ1v) is 6.58. The lowest BCUT2D eigenvalue weighted by Crippen LogP contribution is -2.22. The van der Waals surface area contributed by atoms with Crippen LogP contribution in [0.1, 0.15) is 25.8 Å². The van der Waals surface area contributed by atoms with Crippen LogP contribution in [0.25, 0.3) is 0 Å². The lowest BCUT2D eigenvalue weighted by atomic mass is 10.2. The van der Waals surface area contributed by atoms with Crippen molar-refractivity contribution in [3.8, 4) is 11.8 Å². The van der Waals surface area contributed by atoms with Crippen molar-refractivity contribution in [2.45, 2.75) is 13.5 Å². The number of nitrogens with one attached hydrogen (secondary N) is 2. The summed E-state index contributed by atoms with van der Waals surface area (Å²) in [5.74, 6) is 5.64. The van der Waals surface area contributed by atoms with Crippen molar-refractivity contribution in [1.29, 1.82) is 0 Å². The molecule has 0 unspecified atom stereocenters. The number of thiophene rings is 1. The molecule has 0 aromatic carbocycles. The summed E-state index contributed by atoms with van der Waals surface area (Å²) in [5, 5.41) is 9.41. The van der Waals surface area contributed by atoms with Gasteiger partial charge in [-0.15, -0.1) is 11.3 Å². The van der Waals surface area contributed by atoms with Crippen molar-refractivity contribution < 1.29 is 4.79 Å². The first-order chi connectivity index (χ1) is 9.20. The number of nitrogens with zero attached hydrogens (tertiary/aromatic N) is 1. The molecule has 0 aliphatic heterocycles. The van der Waals surface area contributed by atoms with E-state index in [1.807, 2.05) is 19.1 Å². The molecular formula is C13H14N4OS. The minimum Gasteiger partial charge on any atom is -0.347 e. The van der Waals surface area contributed by atoms with Gasteiger partial charge in [0.05, 0.1) is 29.7 Å². The fourth-order valence-electron chi connectivity index (χ4n) is 1.52. The lowest BCUT2D eigenvalue weighted by Gasteiger charge is -2.01. The zero-order valence-corrected chi connectivity index (χ0v) is 11.3. The second-order valence-electron chi connectivity index (χ2n) is 3.86. The van der Waals surface area contributed by atoms with Crippen molar-refractivity contribution in [2.24, 2.45) is 5.73 Å². The Morgan fingerprint density at radius 1 is 1.58 bits per heavy atom. The number of aromatic amines is 1. The molecule has 19 heavy (non-hydrogen) atoms. The first kappa shape index (κ1) is 13.3. The third-order valence-electron chi connectivity index (χ3n) is 2.47. The summed E-state index contributed by atoms with van der Waals surface area (Å²) in [4.78, 5) is 13.9. The molecule has 0 saturated heterocycles. The van der Waals surface area contributed by atoms with E-state index in [1.54, 1.807) is 11.3 Å². The molecule has 6 heteroatoms. The molecule has 0 bridgehead atoms. The van der Waals surface area contributed by atoms with Gasteiger partial charge in [0.15, 0.2) is 0 Å².